The van der Waals surface area contributed by atoms with Crippen LogP contribution >= 0.6 is 11.8 Å². The molecule has 0 radical (unpaired) electrons. The smallest absolute Gasteiger partial charge is 0.289 e. The molecule has 2 fully saturated rings. The number of likely N-dealkylation sites (tertiary alicyclic amines) is 1. The third-order valence-corrected chi connectivity index (χ3v) is 6.29. The van der Waals surface area contributed by atoms with E-state index in [9.17, 15) is 4.79 Å². The van der Waals surface area contributed by atoms with E-state index in [-0.39, 0.29) is 5.91 Å². The molecule has 1 amide bonds. The van der Waals surface area contributed by atoms with Crippen molar-refractivity contribution in [2.24, 2.45) is 0 Å². The Balaban J connectivity index is 1.20. The van der Waals surface area contributed by atoms with E-state index in [4.69, 9.17) is 18.3 Å². The van der Waals surface area contributed by atoms with Crippen LogP contribution in [0.5, 0.6) is 0 Å². The zero-order valence-electron chi connectivity index (χ0n) is 16.2. The highest BCUT2D eigenvalue weighted by Crippen LogP contribution is 2.32. The van der Waals surface area contributed by atoms with E-state index in [1.807, 2.05) is 31.2 Å². The van der Waals surface area contributed by atoms with Crippen molar-refractivity contribution in [3.8, 4) is 0 Å². The lowest BCUT2D eigenvalue weighted by atomic mass is 10.0. The zero-order chi connectivity index (χ0) is 19.8. The van der Waals surface area contributed by atoms with Crippen molar-refractivity contribution < 1.29 is 23.1 Å². The normalized spacial score (nSPS) is 18.7. The van der Waals surface area contributed by atoms with Gasteiger partial charge in [-0.1, -0.05) is 23.9 Å². The molecule has 5 rings (SSSR count). The third kappa shape index (κ3) is 3.68. The minimum absolute atomic E-state index is 0.0911. The number of fused-ring (bicyclic) bond motifs is 1. The van der Waals surface area contributed by atoms with Crippen LogP contribution in [0.4, 0.5) is 0 Å². The number of hydrogen-bond acceptors (Lipinski definition) is 7. The molecule has 0 N–H and O–H groups in total. The number of carbonyl (C=O) groups excluding carboxylic acids is 1. The number of aromatic nitrogens is 1. The van der Waals surface area contributed by atoms with Crippen molar-refractivity contribution in [1.82, 2.24) is 9.88 Å². The number of piperidine rings is 1. The van der Waals surface area contributed by atoms with Gasteiger partial charge in [-0.05, 0) is 30.7 Å². The molecule has 0 aliphatic carbocycles. The first kappa shape index (κ1) is 18.7. The Labute approximate surface area is 172 Å². The van der Waals surface area contributed by atoms with Gasteiger partial charge < -0.3 is 23.2 Å². The summed E-state index contributed by atoms with van der Waals surface area (Å²) >= 11 is 1.45. The van der Waals surface area contributed by atoms with E-state index < -0.39 is 5.79 Å². The van der Waals surface area contributed by atoms with Crippen molar-refractivity contribution >= 4 is 28.8 Å². The van der Waals surface area contributed by atoms with Gasteiger partial charge in [0.2, 0.25) is 0 Å². The lowest BCUT2D eigenvalue weighted by Gasteiger charge is -2.37. The van der Waals surface area contributed by atoms with E-state index in [2.05, 4.69) is 4.98 Å². The van der Waals surface area contributed by atoms with Gasteiger partial charge in [0.1, 0.15) is 11.3 Å². The molecule has 152 valence electrons. The molecule has 7 nitrogen and oxygen atoms in total. The summed E-state index contributed by atoms with van der Waals surface area (Å²) in [4.78, 5) is 19.1. The van der Waals surface area contributed by atoms with Crippen LogP contribution in [0.3, 0.4) is 0 Å². The van der Waals surface area contributed by atoms with Crippen molar-refractivity contribution in [3.63, 3.8) is 0 Å². The Bertz CT molecular complexity index is 1030. The first-order valence-electron chi connectivity index (χ1n) is 9.77. The van der Waals surface area contributed by atoms with Gasteiger partial charge in [-0.3, -0.25) is 4.79 Å². The summed E-state index contributed by atoms with van der Waals surface area (Å²) in [6, 6.07) is 9.45. The molecule has 2 saturated heterocycles. The maximum atomic E-state index is 12.8. The van der Waals surface area contributed by atoms with E-state index in [1.54, 1.807) is 11.0 Å². The lowest BCUT2D eigenvalue weighted by Crippen LogP contribution is -2.47. The quantitative estimate of drug-likeness (QED) is 0.597. The molecular formula is C21H22N2O5S. The molecular weight excluding hydrogens is 392 g/mol. The van der Waals surface area contributed by atoms with Crippen LogP contribution in [0, 0.1) is 6.92 Å². The number of benzene rings is 1. The molecule has 2 aliphatic rings. The van der Waals surface area contributed by atoms with Crippen molar-refractivity contribution in [2.75, 3.05) is 26.3 Å². The first-order chi connectivity index (χ1) is 14.1. The fraction of sp³-hybridized carbons (Fsp3) is 0.429. The Morgan fingerprint density at radius 3 is 2.69 bits per heavy atom. The number of rotatable bonds is 4. The van der Waals surface area contributed by atoms with Gasteiger partial charge in [0.15, 0.2) is 17.1 Å². The number of oxazole rings is 1. The highest BCUT2D eigenvalue weighted by Gasteiger charge is 2.41. The predicted molar refractivity (Wildman–Crippen MR) is 107 cm³/mol. The summed E-state index contributed by atoms with van der Waals surface area (Å²) in [5, 5.41) is 0.594. The average molecular weight is 414 g/mol. The Morgan fingerprint density at radius 2 is 1.93 bits per heavy atom. The number of nitrogens with zero attached hydrogens (tertiary/aromatic N) is 2. The van der Waals surface area contributed by atoms with E-state index in [0.29, 0.717) is 61.6 Å². The minimum Gasteiger partial charge on any atom is -0.455 e. The number of hydrogen-bond donors (Lipinski definition) is 0. The summed E-state index contributed by atoms with van der Waals surface area (Å²) in [6.07, 6.45) is 1.39. The highest BCUT2D eigenvalue weighted by molar-refractivity contribution is 7.98. The number of amides is 1. The molecule has 2 aromatic heterocycles. The lowest BCUT2D eigenvalue weighted by molar-refractivity contribution is -0.181. The van der Waals surface area contributed by atoms with Gasteiger partial charge >= 0.3 is 0 Å². The summed E-state index contributed by atoms with van der Waals surface area (Å²) in [6.45, 7) is 4.48. The molecule has 3 aromatic rings. The van der Waals surface area contributed by atoms with Gasteiger partial charge in [0.05, 0.1) is 19.0 Å². The van der Waals surface area contributed by atoms with Crippen LogP contribution in [-0.4, -0.2) is 47.9 Å². The van der Waals surface area contributed by atoms with Gasteiger partial charge in [-0.2, -0.15) is 0 Å². The monoisotopic (exact) mass is 414 g/mol. The highest BCUT2D eigenvalue weighted by atomic mass is 32.2. The number of para-hydroxylation sites is 1. The fourth-order valence-corrected chi connectivity index (χ4v) is 4.55. The van der Waals surface area contributed by atoms with Crippen LogP contribution < -0.4 is 0 Å². The number of aryl methyl sites for hydroxylation is 1. The summed E-state index contributed by atoms with van der Waals surface area (Å²) < 4.78 is 23.0. The van der Waals surface area contributed by atoms with Gasteiger partial charge in [-0.25, -0.2) is 4.98 Å². The number of furan rings is 1. The molecule has 29 heavy (non-hydrogen) atoms. The van der Waals surface area contributed by atoms with Gasteiger partial charge in [-0.15, -0.1) is 0 Å². The van der Waals surface area contributed by atoms with Crippen molar-refractivity contribution in [1.29, 1.82) is 0 Å². The second kappa shape index (κ2) is 7.51. The predicted octanol–water partition coefficient (Wildman–Crippen LogP) is 4.00. The topological polar surface area (TPSA) is 77.9 Å². The summed E-state index contributed by atoms with van der Waals surface area (Å²) in [5.74, 6) is 1.04. The molecule has 2 aliphatic heterocycles. The molecule has 1 aromatic carbocycles. The maximum absolute atomic E-state index is 12.8. The van der Waals surface area contributed by atoms with Crippen LogP contribution in [0.1, 0.15) is 34.7 Å². The number of thioether (sulfide) groups is 1. The van der Waals surface area contributed by atoms with E-state index in [1.165, 1.54) is 11.8 Å². The van der Waals surface area contributed by atoms with Crippen LogP contribution in [0.2, 0.25) is 0 Å². The van der Waals surface area contributed by atoms with Crippen LogP contribution in [0.25, 0.3) is 11.1 Å². The summed E-state index contributed by atoms with van der Waals surface area (Å²) in [5.41, 5.74) is 2.74. The number of carbonyl (C=O) groups is 1. The number of ether oxygens (including phenoxy) is 2. The zero-order valence-corrected chi connectivity index (χ0v) is 17.0. The Hall–Kier alpha value is -2.29. The largest absolute Gasteiger partial charge is 0.455 e. The van der Waals surface area contributed by atoms with E-state index in [0.717, 1.165) is 16.7 Å². The fourth-order valence-electron chi connectivity index (χ4n) is 3.82. The second-order valence-corrected chi connectivity index (χ2v) is 8.28. The average Bonchev–Trinajstić information content (AvgIpc) is 3.47. The first-order valence-corrected chi connectivity index (χ1v) is 10.8. The molecule has 0 atom stereocenters. The molecule has 0 saturated carbocycles. The second-order valence-electron chi connectivity index (χ2n) is 7.36. The maximum Gasteiger partial charge on any atom is 0.289 e. The van der Waals surface area contributed by atoms with Gasteiger partial charge in [0, 0.05) is 25.9 Å². The molecule has 0 unspecified atom stereocenters. The minimum atomic E-state index is -0.486. The van der Waals surface area contributed by atoms with Crippen LogP contribution in [-0.2, 0) is 15.2 Å². The Morgan fingerprint density at radius 1 is 1.14 bits per heavy atom. The summed E-state index contributed by atoms with van der Waals surface area (Å²) in [7, 11) is 0. The third-order valence-electron chi connectivity index (χ3n) is 5.44. The molecule has 0 bridgehead atoms. The van der Waals surface area contributed by atoms with E-state index >= 15 is 0 Å². The van der Waals surface area contributed by atoms with Crippen molar-refractivity contribution in [2.45, 2.75) is 36.5 Å². The standard InChI is InChI=1S/C21H22N2O5S/c1-14-3-2-4-16-18(14)22-20(28-16)29-13-15-5-6-17(27-15)19(24)23-9-7-21(8-10-23)25-11-12-26-21/h2-6H,7-13H2,1H3. The van der Waals surface area contributed by atoms with Crippen LogP contribution in [0.15, 0.2) is 44.4 Å². The molecule has 4 heterocycles. The SMILES string of the molecule is Cc1cccc2oc(SCc3ccc(C(=O)N4CCC5(CC4)OCCO5)o3)nc12. The Kier molecular flexibility index (Phi) is 4.85. The molecule has 1 spiro atoms. The molecule has 8 heteroatoms. The van der Waals surface area contributed by atoms with Gasteiger partial charge in [0.25, 0.3) is 11.1 Å². The van der Waals surface area contributed by atoms with Crippen molar-refractivity contribution in [3.05, 3.63) is 47.4 Å².